The van der Waals surface area contributed by atoms with Crippen LogP contribution in [-0.4, -0.2) is 60.8 Å². The van der Waals surface area contributed by atoms with Gasteiger partial charge in [0.15, 0.2) is 0 Å². The largest absolute Gasteiger partial charge is 0.480 e. The SMILES string of the molecule is O=C(CN1CCCC1C(=O)O)NCC1(c2ccccc2)CCOCC1. The molecule has 1 atom stereocenters. The summed E-state index contributed by atoms with van der Waals surface area (Å²) in [5.41, 5.74) is 1.12. The van der Waals surface area contributed by atoms with Gasteiger partial charge in [-0.15, -0.1) is 0 Å². The van der Waals surface area contributed by atoms with Crippen LogP contribution >= 0.6 is 0 Å². The number of likely N-dealkylation sites (tertiary alicyclic amines) is 1. The second-order valence-electron chi connectivity index (χ2n) is 7.00. The Balaban J connectivity index is 1.61. The number of ether oxygens (including phenoxy) is 1. The van der Waals surface area contributed by atoms with Crippen LogP contribution in [0.25, 0.3) is 0 Å². The maximum Gasteiger partial charge on any atom is 0.320 e. The van der Waals surface area contributed by atoms with Crippen LogP contribution in [0.4, 0.5) is 0 Å². The molecule has 1 amide bonds. The number of nitrogens with one attached hydrogen (secondary N) is 1. The van der Waals surface area contributed by atoms with E-state index in [0.717, 1.165) is 19.3 Å². The van der Waals surface area contributed by atoms with Crippen LogP contribution in [-0.2, 0) is 19.7 Å². The molecule has 0 saturated carbocycles. The number of carboxylic acids is 1. The smallest absolute Gasteiger partial charge is 0.320 e. The number of aliphatic carboxylic acids is 1. The third-order valence-corrected chi connectivity index (χ3v) is 5.46. The first-order chi connectivity index (χ1) is 12.1. The van der Waals surface area contributed by atoms with Crippen LogP contribution in [0.5, 0.6) is 0 Å². The van der Waals surface area contributed by atoms with Crippen molar-refractivity contribution < 1.29 is 19.4 Å². The van der Waals surface area contributed by atoms with Crippen LogP contribution in [0.1, 0.15) is 31.2 Å². The maximum absolute atomic E-state index is 12.4. The molecule has 2 N–H and O–H groups in total. The second kappa shape index (κ2) is 7.97. The molecule has 0 radical (unpaired) electrons. The summed E-state index contributed by atoms with van der Waals surface area (Å²) in [4.78, 5) is 25.4. The van der Waals surface area contributed by atoms with Crippen molar-refractivity contribution >= 4 is 11.9 Å². The van der Waals surface area contributed by atoms with Gasteiger partial charge < -0.3 is 15.2 Å². The molecule has 6 nitrogen and oxygen atoms in total. The van der Waals surface area contributed by atoms with Crippen LogP contribution in [0.2, 0.25) is 0 Å². The lowest BCUT2D eigenvalue weighted by atomic mass is 9.74. The van der Waals surface area contributed by atoms with Crippen molar-refractivity contribution in [3.63, 3.8) is 0 Å². The standard InChI is InChI=1S/C19H26N2O4/c22-17(13-21-10-4-7-16(21)18(23)24)20-14-19(8-11-25-12-9-19)15-5-2-1-3-6-15/h1-3,5-6,16H,4,7-14H2,(H,20,22)(H,23,24). The average molecular weight is 346 g/mol. The van der Waals surface area contributed by atoms with Crippen molar-refractivity contribution in [3.05, 3.63) is 35.9 Å². The van der Waals surface area contributed by atoms with Gasteiger partial charge in [0.2, 0.25) is 5.91 Å². The number of carbonyl (C=O) groups excluding carboxylic acids is 1. The lowest BCUT2D eigenvalue weighted by Gasteiger charge is -2.38. The Labute approximate surface area is 148 Å². The van der Waals surface area contributed by atoms with Gasteiger partial charge in [-0.3, -0.25) is 14.5 Å². The molecule has 25 heavy (non-hydrogen) atoms. The summed E-state index contributed by atoms with van der Waals surface area (Å²) in [5.74, 6) is -0.939. The molecular weight excluding hydrogens is 320 g/mol. The summed E-state index contributed by atoms with van der Waals surface area (Å²) in [5, 5.41) is 12.3. The Morgan fingerprint density at radius 1 is 1.24 bits per heavy atom. The summed E-state index contributed by atoms with van der Waals surface area (Å²) in [7, 11) is 0. The Kier molecular flexibility index (Phi) is 5.71. The van der Waals surface area contributed by atoms with Gasteiger partial charge >= 0.3 is 5.97 Å². The van der Waals surface area contributed by atoms with Gasteiger partial charge in [-0.05, 0) is 37.8 Å². The summed E-state index contributed by atoms with van der Waals surface area (Å²) in [6, 6.07) is 9.73. The fraction of sp³-hybridized carbons (Fsp3) is 0.579. The van der Waals surface area contributed by atoms with Crippen molar-refractivity contribution in [2.45, 2.75) is 37.1 Å². The van der Waals surface area contributed by atoms with Gasteiger partial charge in [0, 0.05) is 25.2 Å². The van der Waals surface area contributed by atoms with E-state index < -0.39 is 12.0 Å². The number of hydrogen-bond acceptors (Lipinski definition) is 4. The van der Waals surface area contributed by atoms with Crippen molar-refractivity contribution in [3.8, 4) is 0 Å². The topological polar surface area (TPSA) is 78.9 Å². The quantitative estimate of drug-likeness (QED) is 0.814. The molecular formula is C19H26N2O4. The predicted octanol–water partition coefficient (Wildman–Crippen LogP) is 1.40. The van der Waals surface area contributed by atoms with Gasteiger partial charge in [-0.25, -0.2) is 0 Å². The van der Waals surface area contributed by atoms with E-state index in [2.05, 4.69) is 17.4 Å². The molecule has 0 bridgehead atoms. The fourth-order valence-corrected chi connectivity index (χ4v) is 3.92. The fourth-order valence-electron chi connectivity index (χ4n) is 3.92. The summed E-state index contributed by atoms with van der Waals surface area (Å²) in [6.45, 7) is 2.77. The van der Waals surface area contributed by atoms with Crippen LogP contribution in [0.3, 0.4) is 0 Å². The molecule has 2 aliphatic heterocycles. The summed E-state index contributed by atoms with van der Waals surface area (Å²) in [6.07, 6.45) is 3.20. The minimum absolute atomic E-state index is 0.102. The molecule has 2 heterocycles. The number of carbonyl (C=O) groups is 2. The number of hydrogen-bond donors (Lipinski definition) is 2. The Bertz CT molecular complexity index is 599. The first kappa shape index (κ1) is 17.9. The van der Waals surface area contributed by atoms with E-state index in [1.165, 1.54) is 5.56 Å². The highest BCUT2D eigenvalue weighted by atomic mass is 16.5. The first-order valence-electron chi connectivity index (χ1n) is 8.98. The number of amides is 1. The van der Waals surface area contributed by atoms with Gasteiger partial charge in [-0.1, -0.05) is 30.3 Å². The lowest BCUT2D eigenvalue weighted by molar-refractivity contribution is -0.142. The zero-order valence-electron chi connectivity index (χ0n) is 14.4. The molecule has 1 unspecified atom stereocenters. The Morgan fingerprint density at radius 3 is 2.64 bits per heavy atom. The minimum Gasteiger partial charge on any atom is -0.480 e. The normalized spacial score (nSPS) is 23.3. The van der Waals surface area contributed by atoms with Gasteiger partial charge in [-0.2, -0.15) is 0 Å². The Hall–Kier alpha value is -1.92. The van der Waals surface area contributed by atoms with Crippen LogP contribution in [0.15, 0.2) is 30.3 Å². The van der Waals surface area contributed by atoms with Crippen molar-refractivity contribution in [2.24, 2.45) is 0 Å². The zero-order valence-corrected chi connectivity index (χ0v) is 14.4. The maximum atomic E-state index is 12.4. The molecule has 0 aromatic heterocycles. The third kappa shape index (κ3) is 4.19. The van der Waals surface area contributed by atoms with Gasteiger partial charge in [0.05, 0.1) is 6.54 Å². The lowest BCUT2D eigenvalue weighted by Crippen LogP contribution is -2.48. The average Bonchev–Trinajstić information content (AvgIpc) is 3.10. The van der Waals surface area contributed by atoms with E-state index in [0.29, 0.717) is 32.7 Å². The number of rotatable bonds is 6. The van der Waals surface area contributed by atoms with E-state index in [4.69, 9.17) is 4.74 Å². The highest BCUT2D eigenvalue weighted by Crippen LogP contribution is 2.34. The highest BCUT2D eigenvalue weighted by molar-refractivity contribution is 5.80. The molecule has 0 spiro atoms. The van der Waals surface area contributed by atoms with Gasteiger partial charge in [0.25, 0.3) is 0 Å². The van der Waals surface area contributed by atoms with Crippen LogP contribution in [0, 0.1) is 0 Å². The van der Waals surface area contributed by atoms with Crippen LogP contribution < -0.4 is 5.32 Å². The molecule has 1 aromatic carbocycles. The molecule has 2 saturated heterocycles. The molecule has 3 rings (SSSR count). The van der Waals surface area contributed by atoms with Gasteiger partial charge in [0.1, 0.15) is 6.04 Å². The van der Waals surface area contributed by atoms with Crippen molar-refractivity contribution in [1.29, 1.82) is 0 Å². The number of carboxylic acid groups (broad SMARTS) is 1. The molecule has 0 aliphatic carbocycles. The molecule has 136 valence electrons. The Morgan fingerprint density at radius 2 is 1.96 bits per heavy atom. The molecule has 2 fully saturated rings. The van der Waals surface area contributed by atoms with E-state index in [1.54, 1.807) is 4.90 Å². The van der Waals surface area contributed by atoms with E-state index in [9.17, 15) is 14.7 Å². The van der Waals surface area contributed by atoms with E-state index in [1.807, 2.05) is 18.2 Å². The summed E-state index contributed by atoms with van der Waals surface area (Å²) < 4.78 is 5.51. The van der Waals surface area contributed by atoms with Crippen molar-refractivity contribution in [2.75, 3.05) is 32.8 Å². The number of nitrogens with zero attached hydrogens (tertiary/aromatic N) is 1. The minimum atomic E-state index is -0.838. The second-order valence-corrected chi connectivity index (χ2v) is 7.00. The first-order valence-corrected chi connectivity index (χ1v) is 8.98. The molecule has 6 heteroatoms. The highest BCUT2D eigenvalue weighted by Gasteiger charge is 2.36. The van der Waals surface area contributed by atoms with E-state index >= 15 is 0 Å². The van der Waals surface area contributed by atoms with Crippen molar-refractivity contribution in [1.82, 2.24) is 10.2 Å². The predicted molar refractivity (Wildman–Crippen MR) is 93.4 cm³/mol. The number of benzene rings is 1. The zero-order chi connectivity index (χ0) is 17.7. The molecule has 2 aliphatic rings. The van der Waals surface area contributed by atoms with E-state index in [-0.39, 0.29) is 17.9 Å². The monoisotopic (exact) mass is 346 g/mol. The molecule has 1 aromatic rings. The third-order valence-electron chi connectivity index (χ3n) is 5.46. The summed E-state index contributed by atoms with van der Waals surface area (Å²) >= 11 is 0.